The standard InChI is InChI=1S/C24H30O5/c1-3-23(13-27-14-23)12-26-11-20-9-18-7-5-6-8-19(18)10-21(20)22(25)29-17-24(4-2)15-28-16-24/h5-10H,3-4,11-17H2,1-2H3. The number of fused-ring (bicyclic) bond motifs is 1. The first-order chi connectivity index (χ1) is 14.1. The lowest BCUT2D eigenvalue weighted by molar-refractivity contribution is -0.152. The smallest absolute Gasteiger partial charge is 0.338 e. The summed E-state index contributed by atoms with van der Waals surface area (Å²) in [5.41, 5.74) is 1.55. The average molecular weight is 398 g/mol. The van der Waals surface area contributed by atoms with Gasteiger partial charge >= 0.3 is 5.97 Å². The number of hydrogen-bond acceptors (Lipinski definition) is 5. The third kappa shape index (κ3) is 4.18. The summed E-state index contributed by atoms with van der Waals surface area (Å²) in [6.07, 6.45) is 1.97. The maximum atomic E-state index is 13.0. The fraction of sp³-hybridized carbons (Fsp3) is 0.542. The summed E-state index contributed by atoms with van der Waals surface area (Å²) >= 11 is 0. The Labute approximate surface area is 172 Å². The number of carbonyl (C=O) groups is 1. The molecule has 156 valence electrons. The van der Waals surface area contributed by atoms with Gasteiger partial charge in [0.1, 0.15) is 6.61 Å². The predicted octanol–water partition coefficient (Wildman–Crippen LogP) is 4.37. The number of benzene rings is 2. The summed E-state index contributed by atoms with van der Waals surface area (Å²) in [5.74, 6) is -0.286. The topological polar surface area (TPSA) is 54.0 Å². The molecule has 0 radical (unpaired) electrons. The second-order valence-corrected chi connectivity index (χ2v) is 8.62. The summed E-state index contributed by atoms with van der Waals surface area (Å²) in [6, 6.07) is 12.0. The molecule has 2 saturated heterocycles. The molecule has 0 atom stereocenters. The van der Waals surface area contributed by atoms with Crippen LogP contribution < -0.4 is 0 Å². The van der Waals surface area contributed by atoms with Crippen molar-refractivity contribution in [3.63, 3.8) is 0 Å². The number of carbonyl (C=O) groups excluding carboxylic acids is 1. The number of rotatable bonds is 9. The highest BCUT2D eigenvalue weighted by Gasteiger charge is 2.39. The highest BCUT2D eigenvalue weighted by atomic mass is 16.5. The van der Waals surface area contributed by atoms with Crippen LogP contribution in [0.5, 0.6) is 0 Å². The van der Waals surface area contributed by atoms with E-state index in [4.69, 9.17) is 18.9 Å². The van der Waals surface area contributed by atoms with E-state index in [1.165, 1.54) is 0 Å². The van der Waals surface area contributed by atoms with Crippen LogP contribution in [0.2, 0.25) is 0 Å². The Balaban J connectivity index is 1.50. The van der Waals surface area contributed by atoms with Gasteiger partial charge in [-0.3, -0.25) is 0 Å². The lowest BCUT2D eigenvalue weighted by Crippen LogP contribution is -2.46. The molecule has 2 aromatic rings. The summed E-state index contributed by atoms with van der Waals surface area (Å²) in [6.45, 7) is 8.51. The van der Waals surface area contributed by atoms with Gasteiger partial charge < -0.3 is 18.9 Å². The van der Waals surface area contributed by atoms with Gasteiger partial charge in [0.2, 0.25) is 0 Å². The van der Waals surface area contributed by atoms with Gasteiger partial charge in [-0.25, -0.2) is 4.79 Å². The molecular weight excluding hydrogens is 368 g/mol. The van der Waals surface area contributed by atoms with Crippen molar-refractivity contribution < 1.29 is 23.7 Å². The first kappa shape index (κ1) is 20.3. The van der Waals surface area contributed by atoms with Crippen LogP contribution in [0, 0.1) is 10.8 Å². The maximum Gasteiger partial charge on any atom is 0.338 e. The minimum absolute atomic E-state index is 0.0269. The van der Waals surface area contributed by atoms with Gasteiger partial charge in [-0.05, 0) is 41.3 Å². The summed E-state index contributed by atoms with van der Waals surface area (Å²) < 4.78 is 22.5. The van der Waals surface area contributed by atoms with Crippen molar-refractivity contribution in [2.75, 3.05) is 39.6 Å². The fourth-order valence-electron chi connectivity index (χ4n) is 3.83. The van der Waals surface area contributed by atoms with Gasteiger partial charge in [-0.15, -0.1) is 0 Å². The van der Waals surface area contributed by atoms with Gasteiger partial charge in [0.25, 0.3) is 0 Å². The lowest BCUT2D eigenvalue weighted by atomic mass is 9.84. The molecule has 0 spiro atoms. The van der Waals surface area contributed by atoms with Gasteiger partial charge in [0.05, 0.1) is 50.6 Å². The predicted molar refractivity (Wildman–Crippen MR) is 111 cm³/mol. The van der Waals surface area contributed by atoms with Gasteiger partial charge in [-0.2, -0.15) is 0 Å². The Hall–Kier alpha value is -1.95. The number of esters is 1. The van der Waals surface area contributed by atoms with Crippen molar-refractivity contribution in [1.29, 1.82) is 0 Å². The van der Waals surface area contributed by atoms with E-state index in [2.05, 4.69) is 19.9 Å². The van der Waals surface area contributed by atoms with Crippen molar-refractivity contribution in [3.05, 3.63) is 47.5 Å². The fourth-order valence-corrected chi connectivity index (χ4v) is 3.83. The van der Waals surface area contributed by atoms with E-state index < -0.39 is 0 Å². The second-order valence-electron chi connectivity index (χ2n) is 8.62. The van der Waals surface area contributed by atoms with Crippen LogP contribution in [0.3, 0.4) is 0 Å². The average Bonchev–Trinajstić information content (AvgIpc) is 2.68. The molecule has 29 heavy (non-hydrogen) atoms. The zero-order valence-corrected chi connectivity index (χ0v) is 17.4. The Bertz CT molecular complexity index is 856. The summed E-state index contributed by atoms with van der Waals surface area (Å²) in [5, 5.41) is 2.12. The minimum atomic E-state index is -0.286. The number of ether oxygens (including phenoxy) is 4. The molecule has 2 aliphatic rings. The van der Waals surface area contributed by atoms with Crippen LogP contribution in [0.25, 0.3) is 10.8 Å². The Morgan fingerprint density at radius 3 is 2.07 bits per heavy atom. The molecule has 4 rings (SSSR count). The Kier molecular flexibility index (Phi) is 5.91. The molecule has 0 aliphatic carbocycles. The molecule has 0 N–H and O–H groups in total. The van der Waals surface area contributed by atoms with E-state index in [1.54, 1.807) is 0 Å². The normalized spacial score (nSPS) is 19.4. The zero-order valence-electron chi connectivity index (χ0n) is 17.4. The molecule has 0 amide bonds. The van der Waals surface area contributed by atoms with Crippen molar-refractivity contribution in [2.24, 2.45) is 10.8 Å². The van der Waals surface area contributed by atoms with Crippen LogP contribution in [-0.4, -0.2) is 45.6 Å². The summed E-state index contributed by atoms with van der Waals surface area (Å²) in [7, 11) is 0. The summed E-state index contributed by atoms with van der Waals surface area (Å²) in [4.78, 5) is 13.0. The van der Waals surface area contributed by atoms with Crippen molar-refractivity contribution in [1.82, 2.24) is 0 Å². The molecule has 2 aromatic carbocycles. The highest BCUT2D eigenvalue weighted by Crippen LogP contribution is 2.33. The van der Waals surface area contributed by atoms with Gasteiger partial charge in [-0.1, -0.05) is 38.1 Å². The molecule has 0 bridgehead atoms. The third-order valence-electron chi connectivity index (χ3n) is 6.50. The van der Waals surface area contributed by atoms with E-state index in [1.807, 2.05) is 30.3 Å². The largest absolute Gasteiger partial charge is 0.461 e. The van der Waals surface area contributed by atoms with E-state index in [-0.39, 0.29) is 16.8 Å². The van der Waals surface area contributed by atoms with Crippen LogP contribution in [-0.2, 0) is 25.6 Å². The molecular formula is C24H30O5. The van der Waals surface area contributed by atoms with Gasteiger partial charge in [0, 0.05) is 5.41 Å². The van der Waals surface area contributed by atoms with Crippen LogP contribution in [0.15, 0.2) is 36.4 Å². The Morgan fingerprint density at radius 2 is 1.52 bits per heavy atom. The van der Waals surface area contributed by atoms with Crippen molar-refractivity contribution >= 4 is 16.7 Å². The van der Waals surface area contributed by atoms with Crippen molar-refractivity contribution in [3.8, 4) is 0 Å². The van der Waals surface area contributed by atoms with E-state index in [0.29, 0.717) is 38.6 Å². The second kappa shape index (κ2) is 8.42. The third-order valence-corrected chi connectivity index (χ3v) is 6.50. The maximum absolute atomic E-state index is 13.0. The molecule has 2 heterocycles. The first-order valence-electron chi connectivity index (χ1n) is 10.5. The molecule has 5 heteroatoms. The minimum Gasteiger partial charge on any atom is -0.461 e. The molecule has 2 fully saturated rings. The molecule has 2 aliphatic heterocycles. The molecule has 0 aromatic heterocycles. The molecule has 0 unspecified atom stereocenters. The van der Waals surface area contributed by atoms with Crippen LogP contribution in [0.1, 0.15) is 42.6 Å². The van der Waals surface area contributed by atoms with E-state index in [0.717, 1.165) is 42.4 Å². The van der Waals surface area contributed by atoms with E-state index in [9.17, 15) is 4.79 Å². The first-order valence-corrected chi connectivity index (χ1v) is 10.5. The highest BCUT2D eigenvalue weighted by molar-refractivity contribution is 5.97. The van der Waals surface area contributed by atoms with Crippen molar-refractivity contribution in [2.45, 2.75) is 33.3 Å². The molecule has 0 saturated carbocycles. The number of hydrogen-bond donors (Lipinski definition) is 0. The quantitative estimate of drug-likeness (QED) is 0.587. The van der Waals surface area contributed by atoms with Crippen LogP contribution >= 0.6 is 0 Å². The van der Waals surface area contributed by atoms with E-state index >= 15 is 0 Å². The van der Waals surface area contributed by atoms with Crippen LogP contribution in [0.4, 0.5) is 0 Å². The monoisotopic (exact) mass is 398 g/mol. The molecule has 5 nitrogen and oxygen atoms in total. The SMILES string of the molecule is CCC1(COCc2cc3ccccc3cc2C(=O)OCC2(CC)COC2)COC1. The van der Waals surface area contributed by atoms with Gasteiger partial charge in [0.15, 0.2) is 0 Å². The Morgan fingerprint density at radius 1 is 0.931 bits per heavy atom. The lowest BCUT2D eigenvalue weighted by Gasteiger charge is -2.40. The zero-order chi connectivity index (χ0) is 20.3.